The van der Waals surface area contributed by atoms with Crippen LogP contribution < -0.4 is 11.1 Å². The number of rotatable bonds is 4. The van der Waals surface area contributed by atoms with Gasteiger partial charge in [0.15, 0.2) is 0 Å². The molecular formula is C19H16ClF4N5O2. The SMILES string of the molecule is NC1=N[C@](CF)(c2cc(NC(=O)c3ncc(Cl)cn3)ccc2F)[C@H]2CC(F)(F)C[C@H]2O1. The maximum atomic E-state index is 14.8. The van der Waals surface area contributed by atoms with Gasteiger partial charge in [-0.3, -0.25) is 4.79 Å². The summed E-state index contributed by atoms with van der Waals surface area (Å²) in [5.74, 6) is -6.11. The summed E-state index contributed by atoms with van der Waals surface area (Å²) in [5, 5.41) is 2.68. The first kappa shape index (κ1) is 21.3. The van der Waals surface area contributed by atoms with Crippen LogP contribution >= 0.6 is 11.6 Å². The van der Waals surface area contributed by atoms with Crippen LogP contribution in [0.5, 0.6) is 0 Å². The second kappa shape index (κ2) is 7.63. The number of nitrogens with zero attached hydrogens (tertiary/aromatic N) is 3. The van der Waals surface area contributed by atoms with Gasteiger partial charge in [0.1, 0.15) is 24.1 Å². The normalized spacial score (nSPS) is 26.5. The zero-order valence-corrected chi connectivity index (χ0v) is 16.5. The molecule has 1 fully saturated rings. The monoisotopic (exact) mass is 457 g/mol. The molecule has 31 heavy (non-hydrogen) atoms. The van der Waals surface area contributed by atoms with Gasteiger partial charge in [0, 0.05) is 42.4 Å². The standard InChI is InChI=1S/C19H16ClF4N5O2/c20-9-6-26-15(27-7-9)16(30)28-10-1-2-13(22)11(3-10)19(8-21)12-4-18(23,24)5-14(12)31-17(25)29-19/h1-3,6-7,12,14H,4-5,8H2,(H2,25,29)(H,28,30)/t12-,14+,19+/m0/s1. The molecule has 0 spiro atoms. The third-order valence-electron chi connectivity index (χ3n) is 5.38. The minimum absolute atomic E-state index is 0.0642. The fourth-order valence-electron chi connectivity index (χ4n) is 4.05. The Morgan fingerprint density at radius 3 is 2.68 bits per heavy atom. The minimum atomic E-state index is -3.13. The molecule has 1 aromatic heterocycles. The maximum Gasteiger partial charge on any atom is 0.293 e. The lowest BCUT2D eigenvalue weighted by molar-refractivity contribution is -0.00299. The molecule has 164 valence electrons. The number of fused-ring (bicyclic) bond motifs is 1. The molecule has 0 radical (unpaired) electrons. The quantitative estimate of drug-likeness (QED) is 0.685. The topological polar surface area (TPSA) is 102 Å². The van der Waals surface area contributed by atoms with E-state index in [9.17, 15) is 22.4 Å². The summed E-state index contributed by atoms with van der Waals surface area (Å²) in [5.41, 5.74) is 3.35. The number of aliphatic imine (C=N–C) groups is 1. The van der Waals surface area contributed by atoms with Crippen LogP contribution in [-0.4, -0.2) is 40.6 Å². The van der Waals surface area contributed by atoms with Crippen molar-refractivity contribution in [3.63, 3.8) is 0 Å². The highest BCUT2D eigenvalue weighted by Gasteiger charge is 2.60. The summed E-state index contributed by atoms with van der Waals surface area (Å²) in [4.78, 5) is 23.8. The number of alkyl halides is 3. The van der Waals surface area contributed by atoms with Gasteiger partial charge in [-0.15, -0.1) is 0 Å². The molecule has 3 atom stereocenters. The lowest BCUT2D eigenvalue weighted by Crippen LogP contribution is -2.48. The third-order valence-corrected chi connectivity index (χ3v) is 5.58. The molecule has 2 aliphatic rings. The lowest BCUT2D eigenvalue weighted by Gasteiger charge is -2.40. The third kappa shape index (κ3) is 3.89. The number of halogens is 5. The summed E-state index contributed by atoms with van der Waals surface area (Å²) in [6, 6.07) is 2.85. The van der Waals surface area contributed by atoms with E-state index in [0.29, 0.717) is 0 Å². The molecule has 0 bridgehead atoms. The van der Waals surface area contributed by atoms with Crippen molar-refractivity contribution >= 4 is 29.2 Å². The van der Waals surface area contributed by atoms with Crippen molar-refractivity contribution < 1.29 is 27.1 Å². The number of ether oxygens (including phenoxy) is 1. The first-order valence-electron chi connectivity index (χ1n) is 9.18. The van der Waals surface area contributed by atoms with Crippen molar-refractivity contribution in [2.75, 3.05) is 12.0 Å². The molecule has 2 aromatic rings. The van der Waals surface area contributed by atoms with Gasteiger partial charge in [-0.1, -0.05) is 11.6 Å². The van der Waals surface area contributed by atoms with Crippen molar-refractivity contribution in [3.8, 4) is 0 Å². The van der Waals surface area contributed by atoms with Gasteiger partial charge in [0.2, 0.25) is 5.82 Å². The Kier molecular flexibility index (Phi) is 5.24. The van der Waals surface area contributed by atoms with Crippen molar-refractivity contribution in [1.29, 1.82) is 0 Å². The van der Waals surface area contributed by atoms with E-state index in [0.717, 1.165) is 12.1 Å². The Balaban J connectivity index is 1.72. The Bertz CT molecular complexity index is 1050. The molecule has 1 amide bonds. The lowest BCUT2D eigenvalue weighted by atomic mass is 9.76. The van der Waals surface area contributed by atoms with E-state index < -0.39 is 60.7 Å². The number of carbonyl (C=O) groups is 1. The van der Waals surface area contributed by atoms with E-state index in [1.54, 1.807) is 0 Å². The fraction of sp³-hybridized carbons (Fsp3) is 0.368. The van der Waals surface area contributed by atoms with Crippen molar-refractivity contribution in [1.82, 2.24) is 9.97 Å². The Hall–Kier alpha value is -2.95. The zero-order valence-electron chi connectivity index (χ0n) is 15.8. The van der Waals surface area contributed by atoms with Gasteiger partial charge in [0.25, 0.3) is 17.9 Å². The second-order valence-corrected chi connectivity index (χ2v) is 7.84. The van der Waals surface area contributed by atoms with Crippen LogP contribution in [0.4, 0.5) is 23.2 Å². The van der Waals surface area contributed by atoms with Crippen LogP contribution in [0.3, 0.4) is 0 Å². The number of carbonyl (C=O) groups excluding carboxylic acids is 1. The van der Waals surface area contributed by atoms with Gasteiger partial charge in [-0.2, -0.15) is 0 Å². The van der Waals surface area contributed by atoms with Crippen LogP contribution in [-0.2, 0) is 10.3 Å². The molecule has 4 rings (SSSR count). The predicted octanol–water partition coefficient (Wildman–Crippen LogP) is 3.45. The summed E-state index contributed by atoms with van der Waals surface area (Å²) in [6.45, 7) is -1.29. The molecule has 0 saturated heterocycles. The molecule has 1 saturated carbocycles. The maximum absolute atomic E-state index is 14.8. The fourth-order valence-corrected chi connectivity index (χ4v) is 4.14. The largest absolute Gasteiger partial charge is 0.461 e. The first-order chi connectivity index (χ1) is 14.6. The number of benzene rings is 1. The van der Waals surface area contributed by atoms with E-state index in [4.69, 9.17) is 22.1 Å². The van der Waals surface area contributed by atoms with Gasteiger partial charge in [0.05, 0.1) is 5.02 Å². The van der Waals surface area contributed by atoms with Crippen LogP contribution in [0.15, 0.2) is 35.6 Å². The Morgan fingerprint density at radius 2 is 2.00 bits per heavy atom. The second-order valence-electron chi connectivity index (χ2n) is 7.41. The number of hydrogen-bond donors (Lipinski definition) is 2. The summed E-state index contributed by atoms with van der Waals surface area (Å²) >= 11 is 5.69. The Morgan fingerprint density at radius 1 is 1.29 bits per heavy atom. The van der Waals surface area contributed by atoms with Crippen molar-refractivity contribution in [3.05, 3.63) is 52.8 Å². The molecule has 3 N–H and O–H groups in total. The van der Waals surface area contributed by atoms with Gasteiger partial charge >= 0.3 is 0 Å². The van der Waals surface area contributed by atoms with Crippen molar-refractivity contribution in [2.24, 2.45) is 16.6 Å². The minimum Gasteiger partial charge on any atom is -0.461 e. The highest BCUT2D eigenvalue weighted by Crippen LogP contribution is 2.53. The molecule has 7 nitrogen and oxygen atoms in total. The molecular weight excluding hydrogens is 442 g/mol. The smallest absolute Gasteiger partial charge is 0.293 e. The number of amidine groups is 1. The zero-order chi connectivity index (χ0) is 22.4. The van der Waals surface area contributed by atoms with Crippen LogP contribution in [0, 0.1) is 11.7 Å². The number of aromatic nitrogens is 2. The summed E-state index contributed by atoms with van der Waals surface area (Å²) in [7, 11) is 0. The van der Waals surface area contributed by atoms with Crippen LogP contribution in [0.1, 0.15) is 29.0 Å². The number of nitrogens with one attached hydrogen (secondary N) is 1. The number of anilines is 1. The van der Waals surface area contributed by atoms with Gasteiger partial charge in [-0.05, 0) is 18.2 Å². The van der Waals surface area contributed by atoms with E-state index in [1.807, 2.05) is 0 Å². The number of amides is 1. The molecule has 12 heteroatoms. The van der Waals surface area contributed by atoms with Crippen LogP contribution in [0.2, 0.25) is 5.02 Å². The van der Waals surface area contributed by atoms with Crippen molar-refractivity contribution in [2.45, 2.75) is 30.4 Å². The molecule has 2 heterocycles. The highest BCUT2D eigenvalue weighted by molar-refractivity contribution is 6.30. The predicted molar refractivity (Wildman–Crippen MR) is 103 cm³/mol. The summed E-state index contributed by atoms with van der Waals surface area (Å²) < 4.78 is 62.5. The van der Waals surface area contributed by atoms with Gasteiger partial charge in [-0.25, -0.2) is 32.5 Å². The highest BCUT2D eigenvalue weighted by atomic mass is 35.5. The van der Waals surface area contributed by atoms with E-state index in [-0.39, 0.29) is 22.1 Å². The van der Waals surface area contributed by atoms with E-state index in [1.165, 1.54) is 18.5 Å². The Labute approximate surface area is 178 Å². The molecule has 1 aliphatic carbocycles. The van der Waals surface area contributed by atoms with Crippen LogP contribution in [0.25, 0.3) is 0 Å². The molecule has 1 aliphatic heterocycles. The number of nitrogens with two attached hydrogens (primary N) is 1. The molecule has 0 unspecified atom stereocenters. The first-order valence-corrected chi connectivity index (χ1v) is 9.56. The number of hydrogen-bond acceptors (Lipinski definition) is 6. The molecule has 1 aromatic carbocycles. The average Bonchev–Trinajstić information content (AvgIpc) is 3.03. The van der Waals surface area contributed by atoms with E-state index in [2.05, 4.69) is 20.3 Å². The average molecular weight is 458 g/mol. The van der Waals surface area contributed by atoms with E-state index >= 15 is 0 Å². The van der Waals surface area contributed by atoms with Gasteiger partial charge < -0.3 is 15.8 Å². The summed E-state index contributed by atoms with van der Waals surface area (Å²) in [6.07, 6.45) is -0.104.